The largest absolute Gasteiger partial charge is 0.416 e. The van der Waals surface area contributed by atoms with Gasteiger partial charge in [0.1, 0.15) is 0 Å². The average Bonchev–Trinajstić information content (AvgIpc) is 2.72. The molecular weight excluding hydrogens is 438 g/mol. The van der Waals surface area contributed by atoms with Crippen LogP contribution in [0.3, 0.4) is 0 Å². The molecule has 0 amide bonds. The lowest BCUT2D eigenvalue weighted by atomic mass is 10.1. The zero-order valence-corrected chi connectivity index (χ0v) is 16.7. The molecule has 30 heavy (non-hydrogen) atoms. The average molecular weight is 452 g/mol. The molecule has 0 aliphatic heterocycles. The van der Waals surface area contributed by atoms with Crippen LogP contribution in [0.25, 0.3) is 0 Å². The summed E-state index contributed by atoms with van der Waals surface area (Å²) in [6, 6.07) is 17.0. The number of alkyl halides is 3. The van der Waals surface area contributed by atoms with Crippen LogP contribution < -0.4 is 10.7 Å². The fraction of sp³-hybridized carbons (Fsp3) is 0.0476. The molecule has 0 heterocycles. The van der Waals surface area contributed by atoms with Crippen molar-refractivity contribution in [1.29, 1.82) is 0 Å². The Balaban J connectivity index is 1.88. The van der Waals surface area contributed by atoms with Gasteiger partial charge in [0.15, 0.2) is 5.84 Å². The number of hydrazone groups is 1. The number of ketones is 1. The van der Waals surface area contributed by atoms with Crippen molar-refractivity contribution in [3.8, 4) is 0 Å². The molecule has 0 atom stereocenters. The van der Waals surface area contributed by atoms with Crippen LogP contribution in [0.15, 0.2) is 77.9 Å². The Bertz CT molecular complexity index is 1050. The number of Topliss-reactive ketones (excluding diaryl/α,β-unsaturated/α-hetero) is 1. The SMILES string of the molecule is O=C(/C(=N\Nc1ccc(Cl)cc1)Nc1ccc(Cl)cc1)c1ccc(C(F)(F)F)cc1. The number of benzene rings is 3. The number of carbonyl (C=O) groups is 1. The van der Waals surface area contributed by atoms with E-state index >= 15 is 0 Å². The lowest BCUT2D eigenvalue weighted by Gasteiger charge is -2.11. The predicted molar refractivity (Wildman–Crippen MR) is 113 cm³/mol. The summed E-state index contributed by atoms with van der Waals surface area (Å²) in [5, 5.41) is 8.00. The standard InChI is InChI=1S/C21H14Cl2F3N3O/c22-15-5-9-17(10-6-15)27-20(29-28-18-11-7-16(23)8-12-18)19(30)13-1-3-14(4-2-13)21(24,25)26/h1-12,28H,(H,27,29). The molecule has 3 aromatic carbocycles. The highest BCUT2D eigenvalue weighted by Gasteiger charge is 2.30. The first-order chi connectivity index (χ1) is 14.2. The Hall–Kier alpha value is -3.03. The number of amidine groups is 1. The summed E-state index contributed by atoms with van der Waals surface area (Å²) < 4.78 is 38.4. The highest BCUT2D eigenvalue weighted by Crippen LogP contribution is 2.29. The molecule has 0 radical (unpaired) electrons. The molecule has 3 aromatic rings. The normalized spacial score (nSPS) is 11.8. The minimum Gasteiger partial charge on any atom is -0.336 e. The lowest BCUT2D eigenvalue weighted by molar-refractivity contribution is -0.137. The van der Waals surface area contributed by atoms with Crippen LogP contribution in [0.2, 0.25) is 10.0 Å². The molecular formula is C21H14Cl2F3N3O. The molecule has 9 heteroatoms. The van der Waals surface area contributed by atoms with Gasteiger partial charge in [-0.2, -0.15) is 18.3 Å². The Morgan fingerprint density at radius 1 is 0.767 bits per heavy atom. The molecule has 0 aliphatic rings. The third-order valence-corrected chi connectivity index (χ3v) is 4.44. The maximum absolute atomic E-state index is 12.9. The molecule has 4 nitrogen and oxygen atoms in total. The zero-order chi connectivity index (χ0) is 21.7. The summed E-state index contributed by atoms with van der Waals surface area (Å²) in [5.41, 5.74) is 3.02. The number of nitrogens with one attached hydrogen (secondary N) is 2. The van der Waals surface area contributed by atoms with E-state index in [1.165, 1.54) is 0 Å². The molecule has 3 rings (SSSR count). The van der Waals surface area contributed by atoms with E-state index in [4.69, 9.17) is 23.2 Å². The quantitative estimate of drug-likeness (QED) is 0.195. The van der Waals surface area contributed by atoms with Gasteiger partial charge in [0.05, 0.1) is 11.3 Å². The Morgan fingerprint density at radius 3 is 1.77 bits per heavy atom. The topological polar surface area (TPSA) is 53.5 Å². The van der Waals surface area contributed by atoms with Crippen LogP contribution in [0, 0.1) is 0 Å². The maximum atomic E-state index is 12.9. The summed E-state index contributed by atoms with van der Waals surface area (Å²) >= 11 is 11.7. The van der Waals surface area contributed by atoms with E-state index in [9.17, 15) is 18.0 Å². The summed E-state index contributed by atoms with van der Waals surface area (Å²) in [6.45, 7) is 0. The van der Waals surface area contributed by atoms with Gasteiger partial charge in [-0.25, -0.2) is 0 Å². The van der Waals surface area contributed by atoms with Crippen molar-refractivity contribution in [2.24, 2.45) is 5.10 Å². The molecule has 2 N–H and O–H groups in total. The van der Waals surface area contributed by atoms with Crippen LogP contribution >= 0.6 is 23.2 Å². The molecule has 0 aliphatic carbocycles. The Kier molecular flexibility index (Phi) is 6.64. The second-order valence-electron chi connectivity index (χ2n) is 6.12. The van der Waals surface area contributed by atoms with Gasteiger partial charge in [-0.05, 0) is 60.7 Å². The number of rotatable bonds is 5. The van der Waals surface area contributed by atoms with Crippen molar-refractivity contribution in [1.82, 2.24) is 0 Å². The van der Waals surface area contributed by atoms with Crippen LogP contribution in [0.1, 0.15) is 15.9 Å². The van der Waals surface area contributed by atoms with Crippen LogP contribution in [-0.4, -0.2) is 11.6 Å². The molecule has 154 valence electrons. The molecule has 0 unspecified atom stereocenters. The number of hydrogen-bond donors (Lipinski definition) is 2. The van der Waals surface area contributed by atoms with Crippen LogP contribution in [-0.2, 0) is 6.18 Å². The lowest BCUT2D eigenvalue weighted by Crippen LogP contribution is -2.25. The molecule has 0 aromatic heterocycles. The van der Waals surface area contributed by atoms with Gasteiger partial charge < -0.3 is 5.32 Å². The number of nitrogens with zero attached hydrogens (tertiary/aromatic N) is 1. The number of carbonyl (C=O) groups excluding carboxylic acids is 1. The Morgan fingerprint density at radius 2 is 1.27 bits per heavy atom. The van der Waals surface area contributed by atoms with E-state index in [1.807, 2.05) is 0 Å². The van der Waals surface area contributed by atoms with Crippen molar-refractivity contribution in [3.05, 3.63) is 94.0 Å². The van der Waals surface area contributed by atoms with Crippen molar-refractivity contribution in [3.63, 3.8) is 0 Å². The van der Waals surface area contributed by atoms with Gasteiger partial charge in [0, 0.05) is 21.3 Å². The van der Waals surface area contributed by atoms with E-state index in [-0.39, 0.29) is 11.4 Å². The number of halogens is 5. The van der Waals surface area contributed by atoms with Crippen molar-refractivity contribution in [2.45, 2.75) is 6.18 Å². The molecule has 0 fully saturated rings. The fourth-order valence-corrected chi connectivity index (χ4v) is 2.65. The summed E-state index contributed by atoms with van der Waals surface area (Å²) in [6.07, 6.45) is -4.49. The van der Waals surface area contributed by atoms with E-state index in [0.717, 1.165) is 24.3 Å². The first-order valence-electron chi connectivity index (χ1n) is 8.56. The van der Waals surface area contributed by atoms with Gasteiger partial charge in [-0.3, -0.25) is 10.2 Å². The van der Waals surface area contributed by atoms with Crippen molar-refractivity contribution < 1.29 is 18.0 Å². The minimum absolute atomic E-state index is 0.0427. The second kappa shape index (κ2) is 9.19. The van der Waals surface area contributed by atoms with E-state index in [0.29, 0.717) is 21.4 Å². The highest BCUT2D eigenvalue weighted by molar-refractivity contribution is 6.49. The smallest absolute Gasteiger partial charge is 0.336 e. The predicted octanol–water partition coefficient (Wildman–Crippen LogP) is 6.73. The second-order valence-corrected chi connectivity index (χ2v) is 6.99. The van der Waals surface area contributed by atoms with E-state index in [2.05, 4.69) is 15.8 Å². The van der Waals surface area contributed by atoms with Gasteiger partial charge in [-0.1, -0.05) is 35.3 Å². The van der Waals surface area contributed by atoms with Crippen LogP contribution in [0.5, 0.6) is 0 Å². The van der Waals surface area contributed by atoms with Crippen molar-refractivity contribution in [2.75, 3.05) is 10.7 Å². The number of anilines is 2. The third kappa shape index (κ3) is 5.75. The van der Waals surface area contributed by atoms with E-state index < -0.39 is 17.5 Å². The fourth-order valence-electron chi connectivity index (χ4n) is 2.40. The van der Waals surface area contributed by atoms with Gasteiger partial charge in [-0.15, -0.1) is 0 Å². The van der Waals surface area contributed by atoms with Crippen LogP contribution in [0.4, 0.5) is 24.5 Å². The molecule has 0 spiro atoms. The van der Waals surface area contributed by atoms with Gasteiger partial charge in [0.2, 0.25) is 5.78 Å². The minimum atomic E-state index is -4.49. The van der Waals surface area contributed by atoms with Crippen molar-refractivity contribution >= 4 is 46.2 Å². The maximum Gasteiger partial charge on any atom is 0.416 e. The number of hydrogen-bond acceptors (Lipinski definition) is 3. The van der Waals surface area contributed by atoms with Gasteiger partial charge in [0.25, 0.3) is 0 Å². The molecule has 0 bridgehead atoms. The summed E-state index contributed by atoms with van der Waals surface area (Å²) in [4.78, 5) is 12.9. The summed E-state index contributed by atoms with van der Waals surface area (Å²) in [5.74, 6) is -0.716. The first-order valence-corrected chi connectivity index (χ1v) is 9.32. The van der Waals surface area contributed by atoms with Gasteiger partial charge >= 0.3 is 6.18 Å². The molecule has 0 saturated carbocycles. The Labute approximate surface area is 180 Å². The monoisotopic (exact) mass is 451 g/mol. The highest BCUT2D eigenvalue weighted by atomic mass is 35.5. The first kappa shape index (κ1) is 21.7. The molecule has 0 saturated heterocycles. The summed E-state index contributed by atoms with van der Waals surface area (Å²) in [7, 11) is 0. The third-order valence-electron chi connectivity index (χ3n) is 3.94. The zero-order valence-electron chi connectivity index (χ0n) is 15.2. The van der Waals surface area contributed by atoms with E-state index in [1.54, 1.807) is 48.5 Å².